The number of aliphatic hydroxyl groups excluding tert-OH is 1. The lowest BCUT2D eigenvalue weighted by molar-refractivity contribution is 0.121. The van der Waals surface area contributed by atoms with Crippen LogP contribution in [0.15, 0.2) is 28.7 Å². The summed E-state index contributed by atoms with van der Waals surface area (Å²) in [7, 11) is 2.08. The van der Waals surface area contributed by atoms with Crippen molar-refractivity contribution in [1.82, 2.24) is 9.80 Å². The van der Waals surface area contributed by atoms with Crippen LogP contribution in [-0.4, -0.2) is 54.7 Å². The van der Waals surface area contributed by atoms with E-state index in [9.17, 15) is 5.11 Å². The van der Waals surface area contributed by atoms with Crippen LogP contribution in [0.3, 0.4) is 0 Å². The van der Waals surface area contributed by atoms with Crippen LogP contribution in [-0.2, 0) is 0 Å². The molecule has 1 aliphatic rings. The number of benzene rings is 1. The summed E-state index contributed by atoms with van der Waals surface area (Å²) in [5, 5.41) is 10.2. The van der Waals surface area contributed by atoms with Crippen molar-refractivity contribution in [2.45, 2.75) is 18.9 Å². The van der Waals surface area contributed by atoms with E-state index in [1.54, 1.807) is 0 Å². The van der Waals surface area contributed by atoms with E-state index in [0.717, 1.165) is 23.1 Å². The molecular weight excluding hydrogens is 304 g/mol. The maximum absolute atomic E-state index is 10.2. The molecule has 1 saturated heterocycles. The molecule has 1 atom stereocenters. The third-order valence-electron chi connectivity index (χ3n) is 3.71. The fourth-order valence-corrected chi connectivity index (χ4v) is 2.94. The van der Waals surface area contributed by atoms with E-state index in [-0.39, 0.29) is 0 Å². The topological polar surface area (TPSA) is 26.7 Å². The van der Waals surface area contributed by atoms with Gasteiger partial charge in [-0.2, -0.15) is 0 Å². The number of halogens is 1. The first kappa shape index (κ1) is 15.0. The standard InChI is InChI=1S/C15H23BrN2O/c1-17(9-10-18-7-2-3-8-18)12-15(19)13-5-4-6-14(16)11-13/h4-6,11,15,19H,2-3,7-10,12H2,1H3. The molecule has 1 aromatic carbocycles. The molecule has 1 aliphatic heterocycles. The average molecular weight is 327 g/mol. The summed E-state index contributed by atoms with van der Waals surface area (Å²) in [6.45, 7) is 5.29. The third-order valence-corrected chi connectivity index (χ3v) is 4.21. The van der Waals surface area contributed by atoms with Gasteiger partial charge in [0, 0.05) is 24.1 Å². The second-order valence-electron chi connectivity index (χ2n) is 5.38. The lowest BCUT2D eigenvalue weighted by atomic mass is 10.1. The highest BCUT2D eigenvalue weighted by molar-refractivity contribution is 9.10. The molecule has 19 heavy (non-hydrogen) atoms. The van der Waals surface area contributed by atoms with Crippen LogP contribution in [0.1, 0.15) is 24.5 Å². The predicted octanol–water partition coefficient (Wildman–Crippen LogP) is 2.51. The van der Waals surface area contributed by atoms with Crippen LogP contribution >= 0.6 is 15.9 Å². The van der Waals surface area contributed by atoms with Crippen LogP contribution < -0.4 is 0 Å². The maximum atomic E-state index is 10.2. The highest BCUT2D eigenvalue weighted by atomic mass is 79.9. The molecule has 0 saturated carbocycles. The molecule has 1 unspecified atom stereocenters. The van der Waals surface area contributed by atoms with Gasteiger partial charge in [-0.3, -0.25) is 0 Å². The van der Waals surface area contributed by atoms with Gasteiger partial charge in [0.2, 0.25) is 0 Å². The van der Waals surface area contributed by atoms with E-state index >= 15 is 0 Å². The van der Waals surface area contributed by atoms with Crippen LogP contribution in [0.25, 0.3) is 0 Å². The number of nitrogens with zero attached hydrogens (tertiary/aromatic N) is 2. The Balaban J connectivity index is 1.76. The Morgan fingerprint density at radius 2 is 2.11 bits per heavy atom. The number of rotatable bonds is 6. The molecule has 0 aromatic heterocycles. The summed E-state index contributed by atoms with van der Waals surface area (Å²) in [5.74, 6) is 0. The van der Waals surface area contributed by atoms with Gasteiger partial charge < -0.3 is 14.9 Å². The van der Waals surface area contributed by atoms with E-state index in [1.807, 2.05) is 24.3 Å². The minimum atomic E-state index is -0.416. The molecule has 3 nitrogen and oxygen atoms in total. The first-order valence-corrected chi connectivity index (χ1v) is 7.79. The predicted molar refractivity (Wildman–Crippen MR) is 82.3 cm³/mol. The van der Waals surface area contributed by atoms with Crippen molar-refractivity contribution in [1.29, 1.82) is 0 Å². The van der Waals surface area contributed by atoms with Crippen LogP contribution in [0.5, 0.6) is 0 Å². The van der Waals surface area contributed by atoms with Gasteiger partial charge in [0.05, 0.1) is 6.10 Å². The smallest absolute Gasteiger partial charge is 0.0917 e. The molecule has 0 bridgehead atoms. The van der Waals surface area contributed by atoms with Gasteiger partial charge in [-0.15, -0.1) is 0 Å². The van der Waals surface area contributed by atoms with E-state index in [0.29, 0.717) is 6.54 Å². The third kappa shape index (κ3) is 4.88. The summed E-state index contributed by atoms with van der Waals surface area (Å²) >= 11 is 3.44. The molecule has 0 radical (unpaired) electrons. The SMILES string of the molecule is CN(CCN1CCCC1)CC(O)c1cccc(Br)c1. The lowest BCUT2D eigenvalue weighted by Crippen LogP contribution is -2.33. The monoisotopic (exact) mass is 326 g/mol. The summed E-state index contributed by atoms with van der Waals surface area (Å²) < 4.78 is 1.02. The number of hydrogen-bond donors (Lipinski definition) is 1. The lowest BCUT2D eigenvalue weighted by Gasteiger charge is -2.23. The molecule has 2 rings (SSSR count). The van der Waals surface area contributed by atoms with E-state index in [4.69, 9.17) is 0 Å². The molecular formula is C15H23BrN2O. The molecule has 0 aliphatic carbocycles. The fourth-order valence-electron chi connectivity index (χ4n) is 2.52. The molecule has 0 amide bonds. The van der Waals surface area contributed by atoms with Gasteiger partial charge in [0.1, 0.15) is 0 Å². The van der Waals surface area contributed by atoms with Crippen LogP contribution in [0, 0.1) is 0 Å². The minimum Gasteiger partial charge on any atom is -0.387 e. The van der Waals surface area contributed by atoms with Crippen molar-refractivity contribution in [3.63, 3.8) is 0 Å². The maximum Gasteiger partial charge on any atom is 0.0917 e. The van der Waals surface area contributed by atoms with Crippen molar-refractivity contribution in [2.75, 3.05) is 39.8 Å². The molecule has 1 N–H and O–H groups in total. The van der Waals surface area contributed by atoms with Gasteiger partial charge in [0.25, 0.3) is 0 Å². The van der Waals surface area contributed by atoms with Crippen molar-refractivity contribution in [2.24, 2.45) is 0 Å². The van der Waals surface area contributed by atoms with Crippen molar-refractivity contribution < 1.29 is 5.11 Å². The summed E-state index contributed by atoms with van der Waals surface area (Å²) in [6.07, 6.45) is 2.26. The average Bonchev–Trinajstić information content (AvgIpc) is 2.89. The zero-order valence-electron chi connectivity index (χ0n) is 11.6. The number of hydrogen-bond acceptors (Lipinski definition) is 3. The highest BCUT2D eigenvalue weighted by Gasteiger charge is 2.14. The Kier molecular flexibility index (Phi) is 5.82. The van der Waals surface area contributed by atoms with Gasteiger partial charge in [0.15, 0.2) is 0 Å². The van der Waals surface area contributed by atoms with Crippen LogP contribution in [0.2, 0.25) is 0 Å². The summed E-state index contributed by atoms with van der Waals surface area (Å²) in [6, 6.07) is 7.91. The van der Waals surface area contributed by atoms with Gasteiger partial charge in [-0.05, 0) is 50.7 Å². The zero-order valence-corrected chi connectivity index (χ0v) is 13.1. The Hall–Kier alpha value is -0.420. The summed E-state index contributed by atoms with van der Waals surface area (Å²) in [5.41, 5.74) is 0.974. The molecule has 1 aromatic rings. The Labute approximate surface area is 124 Å². The zero-order chi connectivity index (χ0) is 13.7. The Morgan fingerprint density at radius 3 is 2.79 bits per heavy atom. The summed E-state index contributed by atoms with van der Waals surface area (Å²) in [4.78, 5) is 4.71. The number of aliphatic hydroxyl groups is 1. The van der Waals surface area contributed by atoms with Crippen molar-refractivity contribution in [3.8, 4) is 0 Å². The largest absolute Gasteiger partial charge is 0.387 e. The van der Waals surface area contributed by atoms with E-state index in [2.05, 4.69) is 32.8 Å². The van der Waals surface area contributed by atoms with E-state index in [1.165, 1.54) is 25.9 Å². The Bertz CT molecular complexity index is 393. The Morgan fingerprint density at radius 1 is 1.37 bits per heavy atom. The van der Waals surface area contributed by atoms with Gasteiger partial charge >= 0.3 is 0 Å². The highest BCUT2D eigenvalue weighted by Crippen LogP contribution is 2.18. The van der Waals surface area contributed by atoms with Gasteiger partial charge in [-0.1, -0.05) is 28.1 Å². The van der Waals surface area contributed by atoms with Crippen molar-refractivity contribution in [3.05, 3.63) is 34.3 Å². The van der Waals surface area contributed by atoms with Crippen molar-refractivity contribution >= 4 is 15.9 Å². The second kappa shape index (κ2) is 7.39. The van der Waals surface area contributed by atoms with Gasteiger partial charge in [-0.25, -0.2) is 0 Å². The quantitative estimate of drug-likeness (QED) is 0.870. The van der Waals surface area contributed by atoms with Crippen LogP contribution in [0.4, 0.5) is 0 Å². The second-order valence-corrected chi connectivity index (χ2v) is 6.30. The minimum absolute atomic E-state index is 0.416. The van der Waals surface area contributed by atoms with E-state index < -0.39 is 6.10 Å². The first-order valence-electron chi connectivity index (χ1n) is 6.99. The molecule has 0 spiro atoms. The normalized spacial score (nSPS) is 18.1. The number of likely N-dealkylation sites (tertiary alicyclic amines) is 1. The molecule has 1 heterocycles. The fraction of sp³-hybridized carbons (Fsp3) is 0.600. The number of likely N-dealkylation sites (N-methyl/N-ethyl adjacent to an activating group) is 1. The molecule has 1 fully saturated rings. The molecule has 106 valence electrons. The first-order chi connectivity index (χ1) is 9.15. The molecule has 4 heteroatoms.